The number of anilines is 2. The van der Waals surface area contributed by atoms with Crippen LogP contribution in [0.25, 0.3) is 0 Å². The maximum absolute atomic E-state index is 12.2. The molecule has 2 heterocycles. The number of fused-ring (bicyclic) bond motifs is 1. The van der Waals surface area contributed by atoms with Gasteiger partial charge in [-0.3, -0.25) is 4.79 Å². The number of para-hydroxylation sites is 2. The average molecular weight is 272 g/mol. The minimum Gasteiger partial charge on any atom is -0.371 e. The Bertz CT molecular complexity index is 580. The van der Waals surface area contributed by atoms with Crippen LogP contribution in [0.3, 0.4) is 0 Å². The summed E-state index contributed by atoms with van der Waals surface area (Å²) in [5.74, 6) is 0.203. The fourth-order valence-corrected chi connectivity index (χ4v) is 3.08. The molecule has 4 heteroatoms. The van der Waals surface area contributed by atoms with Gasteiger partial charge >= 0.3 is 0 Å². The molecular weight excluding hydrogens is 256 g/mol. The van der Waals surface area contributed by atoms with Gasteiger partial charge in [0.25, 0.3) is 0 Å². The minimum atomic E-state index is 0.203. The first-order valence-corrected chi connectivity index (χ1v) is 7.25. The third-order valence-corrected chi connectivity index (χ3v) is 4.38. The van der Waals surface area contributed by atoms with Crippen LogP contribution in [-0.2, 0) is 0 Å². The van der Waals surface area contributed by atoms with Crippen molar-refractivity contribution < 1.29 is 4.79 Å². The Labute approximate surface area is 117 Å². The summed E-state index contributed by atoms with van der Waals surface area (Å²) in [6.07, 6.45) is 0. The highest BCUT2D eigenvalue weighted by Crippen LogP contribution is 2.31. The van der Waals surface area contributed by atoms with Crippen molar-refractivity contribution >= 4 is 28.5 Å². The van der Waals surface area contributed by atoms with Crippen LogP contribution in [0, 0.1) is 0 Å². The smallest absolute Gasteiger partial charge is 0.191 e. The molecule has 3 rings (SSSR count). The number of ketones is 1. The molecule has 1 aromatic heterocycles. The van der Waals surface area contributed by atoms with Crippen LogP contribution in [0.5, 0.6) is 0 Å². The third-order valence-electron chi connectivity index (χ3n) is 3.47. The van der Waals surface area contributed by atoms with Crippen LogP contribution in [0.4, 0.5) is 11.4 Å². The molecule has 0 unspecified atom stereocenters. The van der Waals surface area contributed by atoms with E-state index in [0.29, 0.717) is 6.54 Å². The molecule has 3 nitrogen and oxygen atoms in total. The first-order chi connectivity index (χ1) is 9.25. The summed E-state index contributed by atoms with van der Waals surface area (Å²) in [6, 6.07) is 12.1. The molecule has 1 aromatic carbocycles. The maximum Gasteiger partial charge on any atom is 0.191 e. The van der Waals surface area contributed by atoms with E-state index in [2.05, 4.69) is 29.0 Å². The van der Waals surface area contributed by atoms with Gasteiger partial charge in [-0.2, -0.15) is 0 Å². The van der Waals surface area contributed by atoms with E-state index in [1.54, 1.807) is 0 Å². The van der Waals surface area contributed by atoms with E-state index >= 15 is 0 Å². The normalized spacial score (nSPS) is 14.4. The number of benzene rings is 1. The molecule has 0 bridgehead atoms. The Morgan fingerprint density at radius 1 is 1.16 bits per heavy atom. The number of carbonyl (C=O) groups excluding carboxylic acids is 1. The number of hydrogen-bond acceptors (Lipinski definition) is 4. The van der Waals surface area contributed by atoms with Gasteiger partial charge < -0.3 is 9.80 Å². The zero-order chi connectivity index (χ0) is 13.2. The van der Waals surface area contributed by atoms with E-state index in [4.69, 9.17) is 0 Å². The van der Waals surface area contributed by atoms with Gasteiger partial charge in [-0.25, -0.2) is 0 Å². The van der Waals surface area contributed by atoms with Crippen LogP contribution in [-0.4, -0.2) is 32.5 Å². The predicted molar refractivity (Wildman–Crippen MR) is 80.6 cm³/mol. The Kier molecular flexibility index (Phi) is 3.25. The number of carbonyl (C=O) groups is 1. The van der Waals surface area contributed by atoms with E-state index in [9.17, 15) is 4.79 Å². The van der Waals surface area contributed by atoms with Gasteiger partial charge in [-0.1, -0.05) is 18.2 Å². The van der Waals surface area contributed by atoms with Crippen molar-refractivity contribution in [2.24, 2.45) is 0 Å². The number of nitrogens with zero attached hydrogens (tertiary/aromatic N) is 2. The molecule has 1 aliphatic heterocycles. The highest BCUT2D eigenvalue weighted by atomic mass is 32.1. The van der Waals surface area contributed by atoms with E-state index in [1.165, 1.54) is 17.0 Å². The Balaban J connectivity index is 1.83. The van der Waals surface area contributed by atoms with E-state index in [-0.39, 0.29) is 5.78 Å². The number of likely N-dealkylation sites (N-methyl/N-ethyl adjacent to an activating group) is 1. The standard InChI is InChI=1S/C15H16N2OS/c1-16-8-9-17(13-6-3-2-5-12(13)16)11-14(18)15-7-4-10-19-15/h2-7,10H,8-9,11H2,1H3. The molecule has 0 amide bonds. The van der Waals surface area contributed by atoms with Crippen molar-refractivity contribution in [3.05, 3.63) is 46.7 Å². The van der Waals surface area contributed by atoms with Crippen molar-refractivity contribution in [1.29, 1.82) is 0 Å². The van der Waals surface area contributed by atoms with Crippen molar-refractivity contribution in [1.82, 2.24) is 0 Å². The quantitative estimate of drug-likeness (QED) is 0.803. The largest absolute Gasteiger partial charge is 0.371 e. The van der Waals surface area contributed by atoms with Gasteiger partial charge in [0, 0.05) is 20.1 Å². The highest BCUT2D eigenvalue weighted by molar-refractivity contribution is 7.12. The fourth-order valence-electron chi connectivity index (χ4n) is 2.42. The topological polar surface area (TPSA) is 23.6 Å². The second kappa shape index (κ2) is 5.05. The molecule has 1 aliphatic rings. The molecule has 2 aromatic rings. The second-order valence-corrected chi connectivity index (χ2v) is 5.68. The van der Waals surface area contributed by atoms with Gasteiger partial charge in [-0.05, 0) is 23.6 Å². The minimum absolute atomic E-state index is 0.203. The summed E-state index contributed by atoms with van der Waals surface area (Å²) in [7, 11) is 2.09. The van der Waals surface area contributed by atoms with Gasteiger partial charge in [0.15, 0.2) is 5.78 Å². The van der Waals surface area contributed by atoms with Gasteiger partial charge in [0.1, 0.15) is 0 Å². The number of thiophene rings is 1. The first kappa shape index (κ1) is 12.2. The van der Waals surface area contributed by atoms with E-state index in [0.717, 1.165) is 23.7 Å². The molecular formula is C15H16N2OS. The molecule has 19 heavy (non-hydrogen) atoms. The summed E-state index contributed by atoms with van der Waals surface area (Å²) in [5.41, 5.74) is 2.36. The summed E-state index contributed by atoms with van der Waals surface area (Å²) >= 11 is 1.51. The summed E-state index contributed by atoms with van der Waals surface area (Å²) in [6.45, 7) is 2.31. The molecule has 0 radical (unpaired) electrons. The third kappa shape index (κ3) is 2.36. The Morgan fingerprint density at radius 2 is 1.95 bits per heavy atom. The average Bonchev–Trinajstić information content (AvgIpc) is 2.96. The van der Waals surface area contributed by atoms with Gasteiger partial charge in [0.2, 0.25) is 0 Å². The van der Waals surface area contributed by atoms with E-state index < -0.39 is 0 Å². The van der Waals surface area contributed by atoms with Crippen LogP contribution in [0.15, 0.2) is 41.8 Å². The molecule has 0 spiro atoms. The van der Waals surface area contributed by atoms with Crippen LogP contribution in [0.2, 0.25) is 0 Å². The monoisotopic (exact) mass is 272 g/mol. The zero-order valence-electron chi connectivity index (χ0n) is 10.9. The lowest BCUT2D eigenvalue weighted by Gasteiger charge is -2.36. The number of Topliss-reactive ketones (excluding diaryl/α,β-unsaturated/α-hetero) is 1. The Morgan fingerprint density at radius 3 is 2.68 bits per heavy atom. The lowest BCUT2D eigenvalue weighted by atomic mass is 10.1. The molecule has 0 aliphatic carbocycles. The van der Waals surface area contributed by atoms with Gasteiger partial charge in [-0.15, -0.1) is 11.3 Å². The summed E-state index contributed by atoms with van der Waals surface area (Å²) in [5, 5.41) is 1.95. The molecule has 0 saturated carbocycles. The zero-order valence-corrected chi connectivity index (χ0v) is 11.7. The SMILES string of the molecule is CN1CCN(CC(=O)c2cccs2)c2ccccc21. The van der Waals surface area contributed by atoms with Crippen LogP contribution >= 0.6 is 11.3 Å². The predicted octanol–water partition coefficient (Wildman–Crippen LogP) is 2.89. The number of rotatable bonds is 3. The van der Waals surface area contributed by atoms with Crippen molar-refractivity contribution in [3.8, 4) is 0 Å². The summed E-state index contributed by atoms with van der Waals surface area (Å²) < 4.78 is 0. The number of hydrogen-bond donors (Lipinski definition) is 0. The van der Waals surface area contributed by atoms with Crippen molar-refractivity contribution in [3.63, 3.8) is 0 Å². The fraction of sp³-hybridized carbons (Fsp3) is 0.267. The maximum atomic E-state index is 12.2. The summed E-state index contributed by atoms with van der Waals surface area (Å²) in [4.78, 5) is 17.5. The van der Waals surface area contributed by atoms with Crippen molar-refractivity contribution in [2.75, 3.05) is 36.5 Å². The molecule has 0 saturated heterocycles. The molecule has 0 atom stereocenters. The molecule has 0 fully saturated rings. The van der Waals surface area contributed by atoms with Crippen LogP contribution in [0.1, 0.15) is 9.67 Å². The van der Waals surface area contributed by atoms with E-state index in [1.807, 2.05) is 29.6 Å². The highest BCUT2D eigenvalue weighted by Gasteiger charge is 2.22. The molecule has 98 valence electrons. The first-order valence-electron chi connectivity index (χ1n) is 6.37. The lowest BCUT2D eigenvalue weighted by Crippen LogP contribution is -2.41. The lowest BCUT2D eigenvalue weighted by molar-refractivity contribution is 0.100. The molecule has 0 N–H and O–H groups in total. The Hall–Kier alpha value is -1.81. The van der Waals surface area contributed by atoms with Crippen molar-refractivity contribution in [2.45, 2.75) is 0 Å². The van der Waals surface area contributed by atoms with Gasteiger partial charge in [0.05, 0.1) is 22.8 Å². The van der Waals surface area contributed by atoms with Crippen LogP contribution < -0.4 is 9.80 Å². The second-order valence-electron chi connectivity index (χ2n) is 4.73.